The minimum absolute atomic E-state index is 0.0821. The van der Waals surface area contributed by atoms with Gasteiger partial charge in [0.15, 0.2) is 9.84 Å². The fourth-order valence-corrected chi connectivity index (χ4v) is 4.70. The lowest BCUT2D eigenvalue weighted by molar-refractivity contribution is 0.417. The molecule has 0 bridgehead atoms. The summed E-state index contributed by atoms with van der Waals surface area (Å²) < 4.78 is 24.1. The molecule has 17 heavy (non-hydrogen) atoms. The summed E-state index contributed by atoms with van der Waals surface area (Å²) in [6.07, 6.45) is 10.4. The van der Waals surface area contributed by atoms with Gasteiger partial charge in [-0.25, -0.2) is 8.42 Å². The van der Waals surface area contributed by atoms with Crippen molar-refractivity contribution in [2.24, 2.45) is 0 Å². The van der Waals surface area contributed by atoms with Crippen molar-refractivity contribution in [2.45, 2.75) is 56.7 Å². The number of unbranched alkanes of at least 4 members (excludes halogenated alkanes) is 1. The third-order valence-electron chi connectivity index (χ3n) is 3.38. The van der Waals surface area contributed by atoms with Gasteiger partial charge in [-0.2, -0.15) is 0 Å². The molecule has 1 heterocycles. The van der Waals surface area contributed by atoms with Gasteiger partial charge in [0.2, 0.25) is 0 Å². The van der Waals surface area contributed by atoms with E-state index in [4.69, 9.17) is 6.42 Å². The molecule has 0 radical (unpaired) electrons. The zero-order chi connectivity index (χ0) is 12.7. The smallest absolute Gasteiger partial charge is 0.154 e. The van der Waals surface area contributed by atoms with E-state index in [9.17, 15) is 8.42 Å². The molecule has 3 nitrogen and oxygen atoms in total. The molecule has 0 spiro atoms. The van der Waals surface area contributed by atoms with E-state index in [0.717, 1.165) is 45.1 Å². The quantitative estimate of drug-likeness (QED) is 0.582. The first-order valence-corrected chi connectivity index (χ1v) is 8.21. The molecule has 1 N–H and O–H groups in total. The SMILES string of the molecule is C#CCCCC(NCC)C1CCCCS1(=O)=O. The highest BCUT2D eigenvalue weighted by molar-refractivity contribution is 7.92. The number of hydrogen-bond acceptors (Lipinski definition) is 3. The Labute approximate surface area is 105 Å². The molecule has 2 unspecified atom stereocenters. The Bertz CT molecular complexity index is 356. The van der Waals surface area contributed by atoms with Gasteiger partial charge in [-0.05, 0) is 32.2 Å². The van der Waals surface area contributed by atoms with Crippen LogP contribution in [0.3, 0.4) is 0 Å². The van der Waals surface area contributed by atoms with Crippen LogP contribution in [-0.4, -0.2) is 32.0 Å². The predicted molar refractivity (Wildman–Crippen MR) is 71.6 cm³/mol. The molecule has 1 rings (SSSR count). The standard InChI is InChI=1S/C13H23NO2S/c1-3-5-6-9-12(14-4-2)13-10-7-8-11-17(13,15)16/h1,12-14H,4-11H2,2H3. The first-order valence-electron chi connectivity index (χ1n) is 6.50. The van der Waals surface area contributed by atoms with Gasteiger partial charge in [-0.3, -0.25) is 0 Å². The van der Waals surface area contributed by atoms with Gasteiger partial charge in [-0.1, -0.05) is 13.3 Å². The van der Waals surface area contributed by atoms with Crippen molar-refractivity contribution >= 4 is 9.84 Å². The normalized spacial score (nSPS) is 25.1. The van der Waals surface area contributed by atoms with Crippen LogP contribution in [0, 0.1) is 12.3 Å². The van der Waals surface area contributed by atoms with E-state index in [2.05, 4.69) is 11.2 Å². The maximum Gasteiger partial charge on any atom is 0.154 e. The topological polar surface area (TPSA) is 46.2 Å². The largest absolute Gasteiger partial charge is 0.313 e. The minimum atomic E-state index is -2.90. The summed E-state index contributed by atoms with van der Waals surface area (Å²) >= 11 is 0. The molecular weight excluding hydrogens is 234 g/mol. The average molecular weight is 257 g/mol. The van der Waals surface area contributed by atoms with Crippen molar-refractivity contribution in [3.05, 3.63) is 0 Å². The van der Waals surface area contributed by atoms with Gasteiger partial charge in [0.05, 0.1) is 11.0 Å². The third-order valence-corrected chi connectivity index (χ3v) is 5.72. The second-order valence-corrected chi connectivity index (χ2v) is 7.00. The molecule has 0 aromatic heterocycles. The average Bonchev–Trinajstić information content (AvgIpc) is 2.28. The molecule has 0 aromatic carbocycles. The van der Waals surface area contributed by atoms with E-state index in [0.29, 0.717) is 5.75 Å². The molecule has 1 saturated heterocycles. The molecule has 98 valence electrons. The number of nitrogens with one attached hydrogen (secondary N) is 1. The first-order chi connectivity index (χ1) is 8.11. The summed E-state index contributed by atoms with van der Waals surface area (Å²) in [5.41, 5.74) is 0. The van der Waals surface area contributed by atoms with Crippen LogP contribution in [0.4, 0.5) is 0 Å². The Kier molecular flexibility index (Phi) is 6.01. The number of hydrogen-bond donors (Lipinski definition) is 1. The maximum atomic E-state index is 12.1. The summed E-state index contributed by atoms with van der Waals surface area (Å²) in [4.78, 5) is 0. The zero-order valence-electron chi connectivity index (χ0n) is 10.6. The lowest BCUT2D eigenvalue weighted by atomic mass is 10.0. The second kappa shape index (κ2) is 7.03. The van der Waals surface area contributed by atoms with Crippen molar-refractivity contribution < 1.29 is 8.42 Å². The fourth-order valence-electron chi connectivity index (χ4n) is 2.54. The van der Waals surface area contributed by atoms with E-state index in [-0.39, 0.29) is 11.3 Å². The van der Waals surface area contributed by atoms with Gasteiger partial charge >= 0.3 is 0 Å². The van der Waals surface area contributed by atoms with Gasteiger partial charge in [0.1, 0.15) is 0 Å². The van der Waals surface area contributed by atoms with Gasteiger partial charge < -0.3 is 5.32 Å². The zero-order valence-corrected chi connectivity index (χ0v) is 11.4. The Hall–Kier alpha value is -0.530. The Morgan fingerprint density at radius 2 is 2.24 bits per heavy atom. The van der Waals surface area contributed by atoms with E-state index >= 15 is 0 Å². The number of sulfone groups is 1. The van der Waals surface area contributed by atoms with E-state index in [1.807, 2.05) is 6.92 Å². The molecule has 1 fully saturated rings. The summed E-state index contributed by atoms with van der Waals surface area (Å²) in [6.45, 7) is 2.83. The Morgan fingerprint density at radius 1 is 1.47 bits per heavy atom. The second-order valence-electron chi connectivity index (χ2n) is 4.66. The van der Waals surface area contributed by atoms with Crippen LogP contribution in [0.5, 0.6) is 0 Å². The maximum absolute atomic E-state index is 12.1. The number of rotatable bonds is 6. The monoisotopic (exact) mass is 257 g/mol. The molecule has 1 aliphatic rings. The molecule has 0 aromatic rings. The van der Waals surface area contributed by atoms with Crippen molar-refractivity contribution in [1.82, 2.24) is 5.32 Å². The van der Waals surface area contributed by atoms with Gasteiger partial charge in [0, 0.05) is 12.5 Å². The lowest BCUT2D eigenvalue weighted by Crippen LogP contribution is -2.46. The lowest BCUT2D eigenvalue weighted by Gasteiger charge is -2.30. The van der Waals surface area contributed by atoms with Crippen LogP contribution in [0.15, 0.2) is 0 Å². The molecule has 4 heteroatoms. The predicted octanol–water partition coefficient (Wildman–Crippen LogP) is 1.74. The van der Waals surface area contributed by atoms with E-state index in [1.54, 1.807) is 0 Å². The van der Waals surface area contributed by atoms with Crippen molar-refractivity contribution in [3.63, 3.8) is 0 Å². The fraction of sp³-hybridized carbons (Fsp3) is 0.846. The van der Waals surface area contributed by atoms with Crippen LogP contribution in [0.1, 0.15) is 45.4 Å². The van der Waals surface area contributed by atoms with Crippen molar-refractivity contribution in [3.8, 4) is 12.3 Å². The van der Waals surface area contributed by atoms with E-state index < -0.39 is 9.84 Å². The molecule has 1 aliphatic heterocycles. The Balaban J connectivity index is 2.64. The van der Waals surface area contributed by atoms with Crippen LogP contribution >= 0.6 is 0 Å². The van der Waals surface area contributed by atoms with Crippen LogP contribution in [0.25, 0.3) is 0 Å². The number of terminal acetylenes is 1. The molecule has 2 atom stereocenters. The van der Waals surface area contributed by atoms with Gasteiger partial charge in [-0.15, -0.1) is 12.3 Å². The first kappa shape index (κ1) is 14.5. The summed E-state index contributed by atoms with van der Waals surface area (Å²) in [6, 6.07) is 0.0821. The highest BCUT2D eigenvalue weighted by Crippen LogP contribution is 2.24. The minimum Gasteiger partial charge on any atom is -0.313 e. The van der Waals surface area contributed by atoms with Crippen LogP contribution < -0.4 is 5.32 Å². The molecule has 0 aliphatic carbocycles. The van der Waals surface area contributed by atoms with E-state index in [1.165, 1.54) is 0 Å². The molecular formula is C13H23NO2S. The van der Waals surface area contributed by atoms with Crippen molar-refractivity contribution in [2.75, 3.05) is 12.3 Å². The third kappa shape index (κ3) is 4.33. The van der Waals surface area contributed by atoms with Crippen molar-refractivity contribution in [1.29, 1.82) is 0 Å². The molecule has 0 saturated carbocycles. The highest BCUT2D eigenvalue weighted by Gasteiger charge is 2.34. The summed E-state index contributed by atoms with van der Waals surface area (Å²) in [7, 11) is -2.90. The summed E-state index contributed by atoms with van der Waals surface area (Å²) in [5, 5.41) is 3.12. The Morgan fingerprint density at radius 3 is 2.82 bits per heavy atom. The highest BCUT2D eigenvalue weighted by atomic mass is 32.2. The van der Waals surface area contributed by atoms with Crippen LogP contribution in [0.2, 0.25) is 0 Å². The molecule has 0 amide bonds. The van der Waals surface area contributed by atoms with Crippen LogP contribution in [-0.2, 0) is 9.84 Å². The summed E-state index contributed by atoms with van der Waals surface area (Å²) in [5.74, 6) is 2.97. The van der Waals surface area contributed by atoms with Gasteiger partial charge in [0.25, 0.3) is 0 Å².